The molecule has 0 aromatic carbocycles. The second kappa shape index (κ2) is 3.38. The van der Waals surface area contributed by atoms with Gasteiger partial charge in [0, 0.05) is 5.25 Å². The average Bonchev–Trinajstić information content (AvgIpc) is 2.31. The Morgan fingerprint density at radius 1 is 0.909 bits per heavy atom. The van der Waals surface area contributed by atoms with Crippen molar-refractivity contribution in [3.63, 3.8) is 0 Å². The van der Waals surface area contributed by atoms with Gasteiger partial charge in [0.05, 0.1) is 0 Å². The highest BCUT2D eigenvalue weighted by Gasteiger charge is 2.30. The van der Waals surface area contributed by atoms with Crippen LogP contribution in [0.4, 0.5) is 0 Å². The zero-order chi connectivity index (χ0) is 7.68. The van der Waals surface area contributed by atoms with Gasteiger partial charge in [-0.3, -0.25) is 0 Å². The van der Waals surface area contributed by atoms with E-state index in [2.05, 4.69) is 18.0 Å². The van der Waals surface area contributed by atoms with Crippen LogP contribution in [-0.4, -0.2) is 11.5 Å². The van der Waals surface area contributed by atoms with Gasteiger partial charge in [-0.2, -0.15) is 11.8 Å². The van der Waals surface area contributed by atoms with Crippen molar-refractivity contribution < 1.29 is 0 Å². The second-order valence-electron chi connectivity index (χ2n) is 4.22. The fourth-order valence-corrected chi connectivity index (χ4v) is 3.62. The molecule has 11 heavy (non-hydrogen) atoms. The van der Waals surface area contributed by atoms with Crippen molar-refractivity contribution in [3.8, 4) is 0 Å². The van der Waals surface area contributed by atoms with Crippen LogP contribution in [0.15, 0.2) is 0 Å². The maximum atomic E-state index is 2.28. The van der Waals surface area contributed by atoms with Crippen molar-refractivity contribution in [3.05, 3.63) is 0 Å². The van der Waals surface area contributed by atoms with E-state index in [1.54, 1.807) is 19.3 Å². The van der Waals surface area contributed by atoms with Crippen molar-refractivity contribution in [1.82, 2.24) is 0 Å². The van der Waals surface area contributed by atoms with Gasteiger partial charge < -0.3 is 0 Å². The van der Waals surface area contributed by atoms with Crippen molar-refractivity contribution in [1.29, 1.82) is 0 Å². The Labute approximate surface area is 74.1 Å². The van der Waals surface area contributed by atoms with Crippen LogP contribution in [-0.2, 0) is 0 Å². The van der Waals surface area contributed by atoms with Gasteiger partial charge in [-0.05, 0) is 43.8 Å². The third-order valence-electron chi connectivity index (χ3n) is 3.48. The maximum Gasteiger partial charge on any atom is 0.00470 e. The lowest BCUT2D eigenvalue weighted by molar-refractivity contribution is 0.494. The molecule has 2 fully saturated rings. The van der Waals surface area contributed by atoms with Crippen LogP contribution >= 0.6 is 11.8 Å². The summed E-state index contributed by atoms with van der Waals surface area (Å²) in [6.45, 7) is 0. The molecule has 3 unspecified atom stereocenters. The van der Waals surface area contributed by atoms with Gasteiger partial charge in [0.25, 0.3) is 0 Å². The fourth-order valence-electron chi connectivity index (χ4n) is 2.78. The van der Waals surface area contributed by atoms with E-state index in [1.165, 1.54) is 19.3 Å². The summed E-state index contributed by atoms with van der Waals surface area (Å²) in [5, 5.41) is 1.00. The molecule has 3 atom stereocenters. The van der Waals surface area contributed by atoms with Gasteiger partial charge >= 0.3 is 0 Å². The topological polar surface area (TPSA) is 0 Å². The molecular weight excluding hydrogens is 152 g/mol. The Kier molecular flexibility index (Phi) is 2.45. The lowest BCUT2D eigenvalue weighted by atomic mass is 10.0. The normalized spacial score (nSPS) is 43.9. The minimum atomic E-state index is 1.00. The molecule has 0 aromatic heterocycles. The van der Waals surface area contributed by atoms with E-state index in [1.807, 2.05) is 0 Å². The average molecular weight is 170 g/mol. The molecule has 0 spiro atoms. The molecule has 0 nitrogen and oxygen atoms in total. The summed E-state index contributed by atoms with van der Waals surface area (Å²) in [6, 6.07) is 0. The molecule has 0 saturated heterocycles. The molecular formula is C10H18S. The first-order chi connectivity index (χ1) is 5.38. The number of hydrogen-bond donors (Lipinski definition) is 0. The standard InChI is InChI=1S/C10H18S/c1-11-10-5-4-8-2-3-9(6-8)7-10/h8-10H,2-7H2,1H3. The third kappa shape index (κ3) is 1.74. The van der Waals surface area contributed by atoms with Crippen LogP contribution in [0.5, 0.6) is 0 Å². The number of hydrogen-bond acceptors (Lipinski definition) is 1. The Balaban J connectivity index is 1.94. The Bertz CT molecular complexity index is 133. The molecule has 2 saturated carbocycles. The Hall–Kier alpha value is 0.350. The van der Waals surface area contributed by atoms with Crippen LogP contribution in [0.3, 0.4) is 0 Å². The Morgan fingerprint density at radius 3 is 2.45 bits per heavy atom. The van der Waals surface area contributed by atoms with Crippen LogP contribution in [0, 0.1) is 11.8 Å². The van der Waals surface area contributed by atoms with Gasteiger partial charge in [0.15, 0.2) is 0 Å². The van der Waals surface area contributed by atoms with E-state index in [0.29, 0.717) is 0 Å². The van der Waals surface area contributed by atoms with Crippen molar-refractivity contribution in [2.75, 3.05) is 6.26 Å². The van der Waals surface area contributed by atoms with Crippen LogP contribution < -0.4 is 0 Å². The van der Waals surface area contributed by atoms with E-state index in [9.17, 15) is 0 Å². The molecule has 2 aliphatic rings. The lowest BCUT2D eigenvalue weighted by Crippen LogP contribution is -2.06. The molecule has 0 aliphatic heterocycles. The van der Waals surface area contributed by atoms with E-state index < -0.39 is 0 Å². The SMILES string of the molecule is CSC1CCC2CCC(C2)C1. The van der Waals surface area contributed by atoms with Gasteiger partial charge in [0.1, 0.15) is 0 Å². The van der Waals surface area contributed by atoms with Gasteiger partial charge in [0.2, 0.25) is 0 Å². The first-order valence-electron chi connectivity index (χ1n) is 4.91. The minimum Gasteiger partial charge on any atom is -0.162 e. The summed E-state index contributed by atoms with van der Waals surface area (Å²) in [4.78, 5) is 0. The molecule has 0 heterocycles. The predicted molar refractivity (Wildman–Crippen MR) is 52.0 cm³/mol. The van der Waals surface area contributed by atoms with E-state index in [4.69, 9.17) is 0 Å². The highest BCUT2D eigenvalue weighted by molar-refractivity contribution is 7.99. The van der Waals surface area contributed by atoms with Crippen molar-refractivity contribution in [2.45, 2.75) is 43.8 Å². The third-order valence-corrected chi connectivity index (χ3v) is 4.57. The molecule has 0 radical (unpaired) electrons. The Morgan fingerprint density at radius 2 is 1.64 bits per heavy atom. The first-order valence-corrected chi connectivity index (χ1v) is 6.20. The zero-order valence-corrected chi connectivity index (χ0v) is 8.20. The van der Waals surface area contributed by atoms with Crippen molar-refractivity contribution >= 4 is 11.8 Å². The van der Waals surface area contributed by atoms with E-state index >= 15 is 0 Å². The molecule has 0 aromatic rings. The summed E-state index contributed by atoms with van der Waals surface area (Å²) >= 11 is 2.10. The monoisotopic (exact) mass is 170 g/mol. The highest BCUT2D eigenvalue weighted by Crippen LogP contribution is 2.42. The maximum absolute atomic E-state index is 2.28. The number of thioether (sulfide) groups is 1. The number of fused-ring (bicyclic) bond motifs is 2. The smallest absolute Gasteiger partial charge is 0.00470 e. The van der Waals surface area contributed by atoms with Gasteiger partial charge in [-0.25, -0.2) is 0 Å². The largest absolute Gasteiger partial charge is 0.162 e. The lowest BCUT2D eigenvalue weighted by Gasteiger charge is -2.16. The molecule has 2 aliphatic carbocycles. The molecule has 2 rings (SSSR count). The van der Waals surface area contributed by atoms with Crippen LogP contribution in [0.2, 0.25) is 0 Å². The molecule has 0 N–H and O–H groups in total. The summed E-state index contributed by atoms with van der Waals surface area (Å²) in [6.07, 6.45) is 11.5. The van der Waals surface area contributed by atoms with E-state index in [0.717, 1.165) is 17.1 Å². The molecule has 64 valence electrons. The molecule has 2 bridgehead atoms. The summed E-state index contributed by atoms with van der Waals surface area (Å²) in [7, 11) is 0. The van der Waals surface area contributed by atoms with Crippen molar-refractivity contribution in [2.24, 2.45) is 11.8 Å². The molecule has 1 heteroatoms. The predicted octanol–water partition coefficient (Wildman–Crippen LogP) is 3.32. The highest BCUT2D eigenvalue weighted by atomic mass is 32.2. The number of rotatable bonds is 1. The minimum absolute atomic E-state index is 1.00. The van der Waals surface area contributed by atoms with Gasteiger partial charge in [-0.15, -0.1) is 0 Å². The summed E-state index contributed by atoms with van der Waals surface area (Å²) in [5.74, 6) is 2.23. The quantitative estimate of drug-likeness (QED) is 0.582. The zero-order valence-electron chi connectivity index (χ0n) is 7.38. The summed E-state index contributed by atoms with van der Waals surface area (Å²) in [5.41, 5.74) is 0. The van der Waals surface area contributed by atoms with E-state index in [-0.39, 0.29) is 0 Å². The fraction of sp³-hybridized carbons (Fsp3) is 1.00. The van der Waals surface area contributed by atoms with Gasteiger partial charge in [-0.1, -0.05) is 12.8 Å². The summed E-state index contributed by atoms with van der Waals surface area (Å²) < 4.78 is 0. The van der Waals surface area contributed by atoms with Crippen LogP contribution in [0.25, 0.3) is 0 Å². The van der Waals surface area contributed by atoms with Crippen LogP contribution in [0.1, 0.15) is 38.5 Å². The molecule has 0 amide bonds. The second-order valence-corrected chi connectivity index (χ2v) is 5.35. The first kappa shape index (κ1) is 7.97.